The molecule has 0 aliphatic rings. The van der Waals surface area contributed by atoms with Crippen LogP contribution in [0.1, 0.15) is 28.7 Å². The third-order valence-electron chi connectivity index (χ3n) is 0. The molecule has 0 heterocycles. The van der Waals surface area contributed by atoms with Gasteiger partial charge in [0.25, 0.3) is 0 Å². The van der Waals surface area contributed by atoms with Crippen LogP contribution in [0.5, 0.6) is 0 Å². The Labute approximate surface area is 97.8 Å². The maximum Gasteiger partial charge on any atom is 0.144 e. The summed E-state index contributed by atoms with van der Waals surface area (Å²) in [7, 11) is -3.28. The van der Waals surface area contributed by atoms with Gasteiger partial charge < -0.3 is 4.79 Å². The fourth-order valence-electron chi connectivity index (χ4n) is 0. The summed E-state index contributed by atoms with van der Waals surface area (Å²) in [4.78, 5) is 9.44. The van der Waals surface area contributed by atoms with Crippen LogP contribution in [-0.4, -0.2) is 43.4 Å². The standard InChI is InChI=1S/C3H6O.C2H6O2S.C2H6OS.2CH4/c1-3(2)4;1-5(2,3)4;1-4(2)3;;/h1-2H3;1-2H3;1-2H3;2*1H4. The van der Waals surface area contributed by atoms with Crippen molar-refractivity contribution in [1.29, 1.82) is 0 Å². The van der Waals surface area contributed by atoms with Crippen LogP contribution in [0, 0.1) is 0 Å². The van der Waals surface area contributed by atoms with E-state index in [-0.39, 0.29) is 20.6 Å². The van der Waals surface area contributed by atoms with Crippen LogP contribution in [0.25, 0.3) is 0 Å². The predicted molar refractivity (Wildman–Crippen MR) is 70.6 cm³/mol. The van der Waals surface area contributed by atoms with Gasteiger partial charge in [0.15, 0.2) is 0 Å². The van der Waals surface area contributed by atoms with Crippen molar-refractivity contribution in [3.8, 4) is 0 Å². The molecule has 0 aromatic carbocycles. The summed E-state index contributed by atoms with van der Waals surface area (Å²) in [5.41, 5.74) is 0. The molecule has 6 heteroatoms. The number of carbonyl (C=O) groups is 1. The molecule has 0 spiro atoms. The molecule has 98 valence electrons. The Morgan fingerprint density at radius 1 is 1.00 bits per heavy atom. The van der Waals surface area contributed by atoms with Gasteiger partial charge in [-0.3, -0.25) is 4.21 Å². The highest BCUT2D eigenvalue weighted by molar-refractivity contribution is 7.89. The molecule has 0 fully saturated rings. The minimum absolute atomic E-state index is 0. The van der Waals surface area contributed by atoms with E-state index in [0.717, 1.165) is 12.5 Å². The maximum atomic E-state index is 9.63. The summed E-state index contributed by atoms with van der Waals surface area (Å²) in [5, 5.41) is 0. The topological polar surface area (TPSA) is 68.3 Å². The van der Waals surface area contributed by atoms with Crippen molar-refractivity contribution in [2.45, 2.75) is 28.7 Å². The molecule has 0 radical (unpaired) electrons. The van der Waals surface area contributed by atoms with E-state index in [1.807, 2.05) is 0 Å². The monoisotopic (exact) mass is 262 g/mol. The van der Waals surface area contributed by atoms with Crippen molar-refractivity contribution in [2.75, 3.05) is 25.0 Å². The first-order chi connectivity index (χ1) is 5.46. The fourth-order valence-corrected chi connectivity index (χ4v) is 0. The van der Waals surface area contributed by atoms with E-state index in [1.165, 1.54) is 13.8 Å². The highest BCUT2D eigenvalue weighted by Crippen LogP contribution is 1.61. The Morgan fingerprint density at radius 3 is 1.00 bits per heavy atom. The molecule has 0 aliphatic heterocycles. The molecule has 0 aromatic heterocycles. The number of ketones is 1. The van der Waals surface area contributed by atoms with Gasteiger partial charge in [-0.15, -0.1) is 0 Å². The Hall–Kier alpha value is -0.230. The van der Waals surface area contributed by atoms with E-state index in [2.05, 4.69) is 0 Å². The molecule has 0 unspecified atom stereocenters. The lowest BCUT2D eigenvalue weighted by molar-refractivity contribution is -0.114. The van der Waals surface area contributed by atoms with E-state index in [1.54, 1.807) is 12.5 Å². The Bertz CT molecular complexity index is 215. The number of sulfone groups is 1. The molecular formula is C9H26O4S2. The van der Waals surface area contributed by atoms with Crippen molar-refractivity contribution in [1.82, 2.24) is 0 Å². The molecular weight excluding hydrogens is 236 g/mol. The van der Waals surface area contributed by atoms with Gasteiger partial charge in [-0.1, -0.05) is 14.9 Å². The van der Waals surface area contributed by atoms with Gasteiger partial charge in [0, 0.05) is 35.8 Å². The zero-order chi connectivity index (χ0) is 11.7. The quantitative estimate of drug-likeness (QED) is 0.664. The summed E-state index contributed by atoms with van der Waals surface area (Å²) in [6, 6.07) is 0. The van der Waals surface area contributed by atoms with Gasteiger partial charge in [0.1, 0.15) is 15.6 Å². The van der Waals surface area contributed by atoms with E-state index < -0.39 is 20.6 Å². The number of carbonyl (C=O) groups excluding carboxylic acids is 1. The van der Waals surface area contributed by atoms with Gasteiger partial charge in [0.2, 0.25) is 0 Å². The predicted octanol–water partition coefficient (Wildman–Crippen LogP) is 1.52. The average molecular weight is 262 g/mol. The smallest absolute Gasteiger partial charge is 0.144 e. The number of rotatable bonds is 0. The molecule has 0 saturated heterocycles. The molecule has 15 heavy (non-hydrogen) atoms. The summed E-state index contributed by atoms with van der Waals surface area (Å²) < 4.78 is 28.8. The first-order valence-corrected chi connectivity index (χ1v) is 7.60. The van der Waals surface area contributed by atoms with Crippen LogP contribution in [-0.2, 0) is 25.4 Å². The van der Waals surface area contributed by atoms with E-state index in [4.69, 9.17) is 0 Å². The Kier molecular flexibility index (Phi) is 31.7. The molecule has 0 rings (SSSR count). The lowest BCUT2D eigenvalue weighted by Gasteiger charge is -1.69. The highest BCUT2D eigenvalue weighted by Gasteiger charge is 1.79. The highest BCUT2D eigenvalue weighted by atomic mass is 32.2. The molecule has 4 nitrogen and oxygen atoms in total. The van der Waals surface area contributed by atoms with Gasteiger partial charge in [-0.2, -0.15) is 0 Å². The van der Waals surface area contributed by atoms with Crippen LogP contribution in [0.4, 0.5) is 0 Å². The second-order valence-electron chi connectivity index (χ2n) is 2.79. The lowest BCUT2D eigenvalue weighted by atomic mass is 10.6. The third kappa shape index (κ3) is 36100. The van der Waals surface area contributed by atoms with Gasteiger partial charge in [0.05, 0.1) is 0 Å². The van der Waals surface area contributed by atoms with Crippen molar-refractivity contribution in [3.63, 3.8) is 0 Å². The van der Waals surface area contributed by atoms with Gasteiger partial charge in [-0.05, 0) is 13.8 Å². The van der Waals surface area contributed by atoms with Crippen molar-refractivity contribution in [2.24, 2.45) is 0 Å². The van der Waals surface area contributed by atoms with Crippen LogP contribution < -0.4 is 0 Å². The molecule has 0 N–H and O–H groups in total. The molecule has 0 bridgehead atoms. The average Bonchev–Trinajstić information content (AvgIpc) is 1.50. The second kappa shape index (κ2) is 16.2. The lowest BCUT2D eigenvalue weighted by Crippen LogP contribution is -1.86. The molecule has 0 atom stereocenters. The number of Topliss-reactive ketones (excluding diaryl/α,β-unsaturated/α-hetero) is 1. The fraction of sp³-hybridized carbons (Fsp3) is 0.889. The molecule has 0 saturated carbocycles. The van der Waals surface area contributed by atoms with Crippen LogP contribution in [0.3, 0.4) is 0 Å². The number of hydrogen-bond acceptors (Lipinski definition) is 4. The Balaban J connectivity index is -0.0000000315. The molecule has 0 aliphatic carbocycles. The second-order valence-corrected chi connectivity index (χ2v) is 6.56. The summed E-state index contributed by atoms with van der Waals surface area (Å²) in [5.74, 6) is 0.167. The van der Waals surface area contributed by atoms with Gasteiger partial charge in [-0.25, -0.2) is 8.42 Å². The minimum Gasteiger partial charge on any atom is -0.300 e. The first kappa shape index (κ1) is 29.3. The van der Waals surface area contributed by atoms with Crippen molar-refractivity contribution in [3.05, 3.63) is 0 Å². The normalized spacial score (nSPS) is 7.93. The van der Waals surface area contributed by atoms with Crippen LogP contribution >= 0.6 is 0 Å². The van der Waals surface area contributed by atoms with Crippen LogP contribution in [0.2, 0.25) is 0 Å². The summed E-state index contributed by atoms with van der Waals surface area (Å²) in [6.45, 7) is 3.06. The first-order valence-electron chi connectivity index (χ1n) is 3.34. The largest absolute Gasteiger partial charge is 0.300 e. The van der Waals surface area contributed by atoms with Crippen molar-refractivity contribution < 1.29 is 17.4 Å². The van der Waals surface area contributed by atoms with E-state index >= 15 is 0 Å². The maximum absolute atomic E-state index is 9.63. The van der Waals surface area contributed by atoms with Crippen molar-refractivity contribution >= 4 is 26.4 Å². The number of hydrogen-bond donors (Lipinski definition) is 0. The SMILES string of the molecule is C.C.CC(C)=O.CS(C)(=O)=O.CS(C)=O. The molecule has 0 aromatic rings. The van der Waals surface area contributed by atoms with E-state index in [9.17, 15) is 17.4 Å². The zero-order valence-electron chi connectivity index (χ0n) is 8.95. The molecule has 0 amide bonds. The third-order valence-corrected chi connectivity index (χ3v) is 0. The Morgan fingerprint density at radius 2 is 1.00 bits per heavy atom. The van der Waals surface area contributed by atoms with Crippen LogP contribution in [0.15, 0.2) is 0 Å². The summed E-state index contributed by atoms with van der Waals surface area (Å²) >= 11 is 0. The summed E-state index contributed by atoms with van der Waals surface area (Å²) in [6.07, 6.45) is 5.60. The zero-order valence-corrected chi connectivity index (χ0v) is 10.6. The van der Waals surface area contributed by atoms with E-state index in [0.29, 0.717) is 0 Å². The van der Waals surface area contributed by atoms with Gasteiger partial charge >= 0.3 is 0 Å². The minimum atomic E-state index is -2.67.